The van der Waals surface area contributed by atoms with Crippen molar-refractivity contribution in [2.24, 2.45) is 0 Å². The molecule has 1 aliphatic rings. The first-order valence-corrected chi connectivity index (χ1v) is 6.46. The molecule has 15 heavy (non-hydrogen) atoms. The summed E-state index contributed by atoms with van der Waals surface area (Å²) in [6, 6.07) is -0.343. The smallest absolute Gasteiger partial charge is 0.328 e. The number of ether oxygens (including phenoxy) is 1. The molecule has 1 amide bonds. The fraction of sp³-hybridized carbons (Fsp3) is 0.800. The van der Waals surface area contributed by atoms with Crippen LogP contribution in [-0.4, -0.2) is 48.5 Å². The Morgan fingerprint density at radius 3 is 2.87 bits per heavy atom. The SMILES string of the molecule is COC(=O)[C@@H]1CCCN1C(=O)CCSC. The number of carbonyl (C=O) groups is 2. The van der Waals surface area contributed by atoms with Gasteiger partial charge in [-0.15, -0.1) is 0 Å². The van der Waals surface area contributed by atoms with Gasteiger partial charge in [-0.25, -0.2) is 4.79 Å². The van der Waals surface area contributed by atoms with E-state index in [-0.39, 0.29) is 17.9 Å². The summed E-state index contributed by atoms with van der Waals surface area (Å²) >= 11 is 1.64. The molecule has 0 aromatic carbocycles. The second-order valence-corrected chi connectivity index (χ2v) is 4.50. The zero-order valence-electron chi connectivity index (χ0n) is 9.19. The molecule has 1 fully saturated rings. The predicted molar refractivity (Wildman–Crippen MR) is 59.8 cm³/mol. The van der Waals surface area contributed by atoms with E-state index < -0.39 is 0 Å². The molecule has 0 unspecified atom stereocenters. The highest BCUT2D eigenvalue weighted by molar-refractivity contribution is 7.98. The first-order valence-electron chi connectivity index (χ1n) is 5.07. The van der Waals surface area contributed by atoms with Crippen molar-refractivity contribution < 1.29 is 14.3 Å². The van der Waals surface area contributed by atoms with Gasteiger partial charge in [0.1, 0.15) is 6.04 Å². The Morgan fingerprint density at radius 1 is 1.53 bits per heavy atom. The van der Waals surface area contributed by atoms with Crippen LogP contribution in [0.1, 0.15) is 19.3 Å². The van der Waals surface area contributed by atoms with E-state index in [4.69, 9.17) is 0 Å². The molecule has 1 atom stereocenters. The van der Waals surface area contributed by atoms with E-state index >= 15 is 0 Å². The predicted octanol–water partition coefficient (Wildman–Crippen LogP) is 0.903. The highest BCUT2D eigenvalue weighted by Crippen LogP contribution is 2.19. The standard InChI is InChI=1S/C10H17NO3S/c1-14-10(13)8-4-3-6-11(8)9(12)5-7-15-2/h8H,3-7H2,1-2H3/t8-/m0/s1. The van der Waals surface area contributed by atoms with Gasteiger partial charge >= 0.3 is 5.97 Å². The lowest BCUT2D eigenvalue weighted by molar-refractivity contribution is -0.150. The molecule has 0 aliphatic carbocycles. The number of rotatable bonds is 4. The maximum Gasteiger partial charge on any atom is 0.328 e. The van der Waals surface area contributed by atoms with E-state index in [1.807, 2.05) is 6.26 Å². The fourth-order valence-corrected chi connectivity index (χ4v) is 2.16. The first-order chi connectivity index (χ1) is 7.20. The summed E-state index contributed by atoms with van der Waals surface area (Å²) in [5.74, 6) is 0.589. The second kappa shape index (κ2) is 6.00. The number of carbonyl (C=O) groups excluding carboxylic acids is 2. The lowest BCUT2D eigenvalue weighted by Crippen LogP contribution is -2.41. The van der Waals surface area contributed by atoms with Gasteiger partial charge in [0.05, 0.1) is 7.11 Å². The third kappa shape index (κ3) is 3.12. The highest BCUT2D eigenvalue weighted by atomic mass is 32.2. The molecule has 0 spiro atoms. The van der Waals surface area contributed by atoms with E-state index in [1.165, 1.54) is 7.11 Å². The summed E-state index contributed by atoms with van der Waals surface area (Å²) in [5.41, 5.74) is 0. The van der Waals surface area contributed by atoms with Gasteiger partial charge in [0.25, 0.3) is 0 Å². The van der Waals surface area contributed by atoms with Crippen molar-refractivity contribution in [3.63, 3.8) is 0 Å². The molecule has 1 heterocycles. The largest absolute Gasteiger partial charge is 0.467 e. The van der Waals surface area contributed by atoms with Gasteiger partial charge in [0.15, 0.2) is 0 Å². The van der Waals surface area contributed by atoms with Gasteiger partial charge in [-0.2, -0.15) is 11.8 Å². The molecule has 1 aliphatic heterocycles. The van der Waals surface area contributed by atoms with Crippen molar-refractivity contribution in [3.05, 3.63) is 0 Å². The van der Waals surface area contributed by atoms with Crippen LogP contribution in [0, 0.1) is 0 Å². The molecule has 0 N–H and O–H groups in total. The summed E-state index contributed by atoms with van der Waals surface area (Å²) in [4.78, 5) is 24.8. The number of esters is 1. The zero-order chi connectivity index (χ0) is 11.3. The molecule has 1 rings (SSSR count). The quantitative estimate of drug-likeness (QED) is 0.675. The van der Waals surface area contributed by atoms with Gasteiger partial charge in [-0.05, 0) is 19.1 Å². The lowest BCUT2D eigenvalue weighted by Gasteiger charge is -2.22. The van der Waals surface area contributed by atoms with Gasteiger partial charge in [-0.3, -0.25) is 4.79 Å². The van der Waals surface area contributed by atoms with Crippen LogP contribution in [0.3, 0.4) is 0 Å². The van der Waals surface area contributed by atoms with Crippen molar-refractivity contribution in [1.29, 1.82) is 0 Å². The molecular formula is C10H17NO3S. The summed E-state index contributed by atoms with van der Waals surface area (Å²) in [6.45, 7) is 0.687. The Kier molecular flexibility index (Phi) is 4.94. The van der Waals surface area contributed by atoms with E-state index in [0.717, 1.165) is 18.6 Å². The number of hydrogen-bond donors (Lipinski definition) is 0. The van der Waals surface area contributed by atoms with E-state index in [9.17, 15) is 9.59 Å². The van der Waals surface area contributed by atoms with Crippen LogP contribution >= 0.6 is 11.8 Å². The van der Waals surface area contributed by atoms with Crippen LogP contribution in [-0.2, 0) is 14.3 Å². The number of nitrogens with zero attached hydrogens (tertiary/aromatic N) is 1. The molecule has 1 saturated heterocycles. The van der Waals surface area contributed by atoms with Crippen LogP contribution < -0.4 is 0 Å². The molecule has 0 saturated carbocycles. The molecule has 4 nitrogen and oxygen atoms in total. The number of likely N-dealkylation sites (tertiary alicyclic amines) is 1. The number of methoxy groups -OCH3 is 1. The summed E-state index contributed by atoms with van der Waals surface area (Å²) in [6.07, 6.45) is 4.10. The Labute approximate surface area is 94.3 Å². The monoisotopic (exact) mass is 231 g/mol. The number of hydrogen-bond acceptors (Lipinski definition) is 4. The minimum atomic E-state index is -0.343. The molecule has 0 radical (unpaired) electrons. The van der Waals surface area contributed by atoms with Crippen LogP contribution in [0.5, 0.6) is 0 Å². The average molecular weight is 231 g/mol. The van der Waals surface area contributed by atoms with Gasteiger partial charge in [0.2, 0.25) is 5.91 Å². The van der Waals surface area contributed by atoms with E-state index in [2.05, 4.69) is 4.74 Å². The molecule has 0 bridgehead atoms. The Bertz CT molecular complexity index is 245. The van der Waals surface area contributed by atoms with Gasteiger partial charge in [0, 0.05) is 18.7 Å². The normalized spacial score (nSPS) is 20.4. The Morgan fingerprint density at radius 2 is 2.27 bits per heavy atom. The van der Waals surface area contributed by atoms with Gasteiger partial charge in [-0.1, -0.05) is 0 Å². The Hall–Kier alpha value is -0.710. The maximum absolute atomic E-state index is 11.7. The lowest BCUT2D eigenvalue weighted by atomic mass is 10.2. The number of amides is 1. The molecule has 0 aromatic rings. The van der Waals surface area contributed by atoms with Gasteiger partial charge < -0.3 is 9.64 Å². The average Bonchev–Trinajstić information content (AvgIpc) is 2.73. The third-order valence-corrected chi connectivity index (χ3v) is 3.18. The van der Waals surface area contributed by atoms with Crippen LogP contribution in [0.4, 0.5) is 0 Å². The summed E-state index contributed by atoms with van der Waals surface area (Å²) in [5, 5.41) is 0. The van der Waals surface area contributed by atoms with Crippen molar-refractivity contribution in [2.75, 3.05) is 25.7 Å². The molecule has 5 heteroatoms. The molecular weight excluding hydrogens is 214 g/mol. The number of thioether (sulfide) groups is 1. The molecule has 0 aromatic heterocycles. The van der Waals surface area contributed by atoms with Crippen molar-refractivity contribution in [3.8, 4) is 0 Å². The first kappa shape index (κ1) is 12.4. The summed E-state index contributed by atoms with van der Waals surface area (Å²) in [7, 11) is 1.37. The zero-order valence-corrected chi connectivity index (χ0v) is 10.0. The van der Waals surface area contributed by atoms with Crippen molar-refractivity contribution >= 4 is 23.6 Å². The minimum absolute atomic E-state index is 0.0669. The van der Waals surface area contributed by atoms with Crippen LogP contribution in [0.2, 0.25) is 0 Å². The van der Waals surface area contributed by atoms with E-state index in [1.54, 1.807) is 16.7 Å². The Balaban J connectivity index is 2.52. The molecule has 86 valence electrons. The fourth-order valence-electron chi connectivity index (χ4n) is 1.78. The minimum Gasteiger partial charge on any atom is -0.467 e. The summed E-state index contributed by atoms with van der Waals surface area (Å²) < 4.78 is 4.68. The highest BCUT2D eigenvalue weighted by Gasteiger charge is 2.34. The van der Waals surface area contributed by atoms with Crippen molar-refractivity contribution in [2.45, 2.75) is 25.3 Å². The van der Waals surface area contributed by atoms with Crippen LogP contribution in [0.25, 0.3) is 0 Å². The topological polar surface area (TPSA) is 46.6 Å². The maximum atomic E-state index is 11.7. The second-order valence-electron chi connectivity index (χ2n) is 3.51. The third-order valence-electron chi connectivity index (χ3n) is 2.57. The van der Waals surface area contributed by atoms with Crippen molar-refractivity contribution in [1.82, 2.24) is 4.90 Å². The van der Waals surface area contributed by atoms with E-state index in [0.29, 0.717) is 13.0 Å². The van der Waals surface area contributed by atoms with Crippen LogP contribution in [0.15, 0.2) is 0 Å².